The Balaban J connectivity index is 2.20. The maximum absolute atomic E-state index is 12.8. The Morgan fingerprint density at radius 1 is 0.714 bits per heavy atom. The molecule has 2 rings (SSSR count). The second-order valence-electron chi connectivity index (χ2n) is 12.1. The number of rotatable bonds is 11. The lowest BCUT2D eigenvalue weighted by atomic mass is 9.89. The van der Waals surface area contributed by atoms with Crippen molar-refractivity contribution in [1.82, 2.24) is 10.6 Å². The van der Waals surface area contributed by atoms with Crippen LogP contribution in [-0.4, -0.2) is 35.1 Å². The van der Waals surface area contributed by atoms with Crippen molar-refractivity contribution in [1.29, 1.82) is 0 Å². The molecule has 0 heterocycles. The lowest BCUT2D eigenvalue weighted by Gasteiger charge is -2.30. The van der Waals surface area contributed by atoms with Crippen molar-refractivity contribution in [3.05, 3.63) is 71.8 Å². The zero-order valence-corrected chi connectivity index (χ0v) is 22.3. The molecule has 0 bridgehead atoms. The molecule has 0 aliphatic heterocycles. The van der Waals surface area contributed by atoms with E-state index in [0.29, 0.717) is 32.1 Å². The molecule has 0 fully saturated rings. The molecule has 5 nitrogen and oxygen atoms in total. The molecule has 0 aromatic heterocycles. The van der Waals surface area contributed by atoms with E-state index >= 15 is 0 Å². The van der Waals surface area contributed by atoms with E-state index in [0.717, 1.165) is 11.1 Å². The highest BCUT2D eigenvalue weighted by Crippen LogP contribution is 2.21. The van der Waals surface area contributed by atoms with Crippen LogP contribution in [0.4, 0.5) is 0 Å². The van der Waals surface area contributed by atoms with Gasteiger partial charge in [-0.25, -0.2) is 0 Å². The van der Waals surface area contributed by atoms with Crippen molar-refractivity contribution in [2.45, 2.75) is 91.8 Å². The summed E-state index contributed by atoms with van der Waals surface area (Å²) in [4.78, 5) is 25.6. The third-order valence-corrected chi connectivity index (χ3v) is 5.71. The number of aliphatic hydroxyl groups is 1. The van der Waals surface area contributed by atoms with Gasteiger partial charge in [-0.1, -0.05) is 102 Å². The molecule has 5 heteroatoms. The molecule has 3 N–H and O–H groups in total. The Morgan fingerprint density at radius 2 is 1.14 bits per heavy atom. The molecule has 0 radical (unpaired) electrons. The summed E-state index contributed by atoms with van der Waals surface area (Å²) in [7, 11) is 0. The van der Waals surface area contributed by atoms with Crippen LogP contribution in [0.3, 0.4) is 0 Å². The predicted octanol–water partition coefficient (Wildman–Crippen LogP) is 5.06. The Hall–Kier alpha value is -2.66. The van der Waals surface area contributed by atoms with E-state index in [2.05, 4.69) is 10.6 Å². The molecule has 0 unspecified atom stereocenters. The van der Waals surface area contributed by atoms with Crippen LogP contribution in [0.25, 0.3) is 0 Å². The molecule has 2 amide bonds. The van der Waals surface area contributed by atoms with E-state index in [1.165, 1.54) is 0 Å². The second-order valence-corrected chi connectivity index (χ2v) is 12.1. The summed E-state index contributed by atoms with van der Waals surface area (Å²) in [6.45, 7) is 12.2. The van der Waals surface area contributed by atoms with Gasteiger partial charge >= 0.3 is 0 Å². The largest absolute Gasteiger partial charge is 0.391 e. The summed E-state index contributed by atoms with van der Waals surface area (Å²) >= 11 is 0. The maximum Gasteiger partial charge on any atom is 0.220 e. The van der Waals surface area contributed by atoms with Crippen LogP contribution in [-0.2, 0) is 22.4 Å². The third-order valence-electron chi connectivity index (χ3n) is 5.71. The lowest BCUT2D eigenvalue weighted by Crippen LogP contribution is -2.49. The number of aliphatic hydroxyl groups excluding tert-OH is 1. The van der Waals surface area contributed by atoms with Crippen LogP contribution >= 0.6 is 0 Å². The Bertz CT molecular complexity index is 914. The second kappa shape index (κ2) is 12.9. The van der Waals surface area contributed by atoms with E-state index in [-0.39, 0.29) is 28.7 Å². The van der Waals surface area contributed by atoms with Crippen molar-refractivity contribution >= 4 is 11.8 Å². The van der Waals surface area contributed by atoms with Crippen molar-refractivity contribution in [2.75, 3.05) is 0 Å². The lowest BCUT2D eigenvalue weighted by molar-refractivity contribution is -0.125. The SMILES string of the molecule is CC(C)(C)CC(=O)N[C@@H](Cc1ccccc1)C[C@H](O)[C@H](Cc1ccccc1)NC(=O)CC(C)(C)C. The van der Waals surface area contributed by atoms with Crippen LogP contribution in [0.15, 0.2) is 60.7 Å². The van der Waals surface area contributed by atoms with Gasteiger partial charge in [0.15, 0.2) is 0 Å². The van der Waals surface area contributed by atoms with Crippen LogP contribution in [0.5, 0.6) is 0 Å². The van der Waals surface area contributed by atoms with E-state index in [9.17, 15) is 14.7 Å². The van der Waals surface area contributed by atoms with Crippen LogP contribution in [0.1, 0.15) is 71.9 Å². The van der Waals surface area contributed by atoms with Gasteiger partial charge in [0.25, 0.3) is 0 Å². The molecule has 2 aromatic rings. The van der Waals surface area contributed by atoms with Gasteiger partial charge in [0.1, 0.15) is 0 Å². The molecule has 192 valence electrons. The maximum atomic E-state index is 12.8. The van der Waals surface area contributed by atoms with Crippen LogP contribution < -0.4 is 10.6 Å². The molecule has 0 saturated heterocycles. The highest BCUT2D eigenvalue weighted by Gasteiger charge is 2.28. The fourth-order valence-corrected chi connectivity index (χ4v) is 4.20. The highest BCUT2D eigenvalue weighted by molar-refractivity contribution is 5.77. The molecule has 2 aromatic carbocycles. The van der Waals surface area contributed by atoms with Crippen molar-refractivity contribution in [2.24, 2.45) is 10.8 Å². The summed E-state index contributed by atoms with van der Waals surface area (Å²) in [5, 5.41) is 17.6. The monoisotopic (exact) mass is 480 g/mol. The fraction of sp³-hybridized carbons (Fsp3) is 0.533. The molecule has 0 spiro atoms. The van der Waals surface area contributed by atoms with Gasteiger partial charge in [-0.05, 0) is 41.2 Å². The standard InChI is InChI=1S/C30H44N2O3/c1-29(2,3)20-27(34)31-24(17-22-13-9-7-10-14-22)19-26(33)25(18-23-15-11-8-12-16-23)32-28(35)21-30(4,5)6/h7-16,24-26,33H,17-21H2,1-6H3,(H,31,34)(H,32,35)/t24-,25-,26-/m0/s1. The third kappa shape index (κ3) is 12.0. The summed E-state index contributed by atoms with van der Waals surface area (Å²) < 4.78 is 0. The van der Waals surface area contributed by atoms with Gasteiger partial charge in [0.2, 0.25) is 11.8 Å². The van der Waals surface area contributed by atoms with E-state index < -0.39 is 12.1 Å². The average Bonchev–Trinajstić information content (AvgIpc) is 2.72. The van der Waals surface area contributed by atoms with E-state index in [4.69, 9.17) is 0 Å². The smallest absolute Gasteiger partial charge is 0.220 e. The molecular formula is C30H44N2O3. The van der Waals surface area contributed by atoms with Gasteiger partial charge in [0.05, 0.1) is 12.1 Å². The topological polar surface area (TPSA) is 78.4 Å². The van der Waals surface area contributed by atoms with Gasteiger partial charge in [-0.2, -0.15) is 0 Å². The first-order chi connectivity index (χ1) is 16.3. The van der Waals surface area contributed by atoms with Crippen LogP contribution in [0, 0.1) is 10.8 Å². The van der Waals surface area contributed by atoms with Crippen molar-refractivity contribution < 1.29 is 14.7 Å². The summed E-state index contributed by atoms with van der Waals surface area (Å²) in [6, 6.07) is 19.1. The summed E-state index contributed by atoms with van der Waals surface area (Å²) in [5.41, 5.74) is 1.86. The molecule has 0 aliphatic rings. The highest BCUT2D eigenvalue weighted by atomic mass is 16.3. The Labute approximate surface area is 211 Å². The van der Waals surface area contributed by atoms with Gasteiger partial charge in [0, 0.05) is 18.9 Å². The zero-order chi connectivity index (χ0) is 26.1. The van der Waals surface area contributed by atoms with Crippen LogP contribution in [0.2, 0.25) is 0 Å². The first-order valence-corrected chi connectivity index (χ1v) is 12.7. The van der Waals surface area contributed by atoms with E-state index in [1.54, 1.807) is 0 Å². The quantitative estimate of drug-likeness (QED) is 0.420. The summed E-state index contributed by atoms with van der Waals surface area (Å²) in [6.07, 6.45) is 1.44. The average molecular weight is 481 g/mol. The minimum atomic E-state index is -0.817. The fourth-order valence-electron chi connectivity index (χ4n) is 4.20. The van der Waals surface area contributed by atoms with Crippen molar-refractivity contribution in [3.63, 3.8) is 0 Å². The first-order valence-electron chi connectivity index (χ1n) is 12.7. The number of benzene rings is 2. The number of carbonyl (C=O) groups is 2. The zero-order valence-electron chi connectivity index (χ0n) is 22.3. The number of carbonyl (C=O) groups excluding carboxylic acids is 2. The summed E-state index contributed by atoms with van der Waals surface area (Å²) in [5.74, 6) is -0.101. The molecule has 0 aliphatic carbocycles. The number of hydrogen-bond donors (Lipinski definition) is 3. The molecule has 0 saturated carbocycles. The van der Waals surface area contributed by atoms with Gasteiger partial charge in [-0.15, -0.1) is 0 Å². The first kappa shape index (κ1) is 28.6. The van der Waals surface area contributed by atoms with Gasteiger partial charge < -0.3 is 15.7 Å². The Morgan fingerprint density at radius 3 is 1.60 bits per heavy atom. The van der Waals surface area contributed by atoms with Crippen molar-refractivity contribution in [3.8, 4) is 0 Å². The Kier molecular flexibility index (Phi) is 10.5. The van der Waals surface area contributed by atoms with E-state index in [1.807, 2.05) is 102 Å². The minimum absolute atomic E-state index is 0.0259. The minimum Gasteiger partial charge on any atom is -0.391 e. The number of nitrogens with one attached hydrogen (secondary N) is 2. The predicted molar refractivity (Wildman–Crippen MR) is 143 cm³/mol. The van der Waals surface area contributed by atoms with Gasteiger partial charge in [-0.3, -0.25) is 9.59 Å². The molecule has 35 heavy (non-hydrogen) atoms. The molecule has 3 atom stereocenters. The molecular weight excluding hydrogens is 436 g/mol. The normalized spacial score (nSPS) is 14.6. The number of amides is 2. The number of hydrogen-bond acceptors (Lipinski definition) is 3.